The molecule has 0 radical (unpaired) electrons. The van der Waals surface area contributed by atoms with Gasteiger partial charge in [-0.3, -0.25) is 9.20 Å². The van der Waals surface area contributed by atoms with Crippen LogP contribution in [0.25, 0.3) is 16.8 Å². The molecule has 5 nitrogen and oxygen atoms in total. The van der Waals surface area contributed by atoms with Crippen LogP contribution in [0.2, 0.25) is 0 Å². The van der Waals surface area contributed by atoms with Gasteiger partial charge in [0.25, 0.3) is 0 Å². The number of hydrogen-bond acceptors (Lipinski definition) is 3. The molecule has 3 rings (SSSR count). The zero-order valence-corrected chi connectivity index (χ0v) is 8.47. The maximum atomic E-state index is 11.4. The molecule has 3 N–H and O–H groups in total. The van der Waals surface area contributed by atoms with Crippen LogP contribution in [0, 0.1) is 0 Å². The Morgan fingerprint density at radius 2 is 2.25 bits per heavy atom. The van der Waals surface area contributed by atoms with Gasteiger partial charge in [0.05, 0.1) is 17.6 Å². The molecule has 2 heterocycles. The minimum atomic E-state index is -0.116. The first kappa shape index (κ1) is 9.11. The highest BCUT2D eigenvalue weighted by atomic mass is 16.1. The number of nitrogens with one attached hydrogen (secondary N) is 1. The van der Waals surface area contributed by atoms with Crippen LogP contribution in [0.1, 0.15) is 10.5 Å². The topological polar surface area (TPSA) is 76.2 Å². The third kappa shape index (κ3) is 1.15. The van der Waals surface area contributed by atoms with Crippen molar-refractivity contribution in [3.05, 3.63) is 36.2 Å². The molecule has 0 fully saturated rings. The van der Waals surface area contributed by atoms with Crippen molar-refractivity contribution in [2.75, 3.05) is 6.54 Å². The van der Waals surface area contributed by atoms with Crippen molar-refractivity contribution in [2.24, 2.45) is 5.73 Å². The molecular weight excluding hydrogens is 204 g/mol. The lowest BCUT2D eigenvalue weighted by Gasteiger charge is -1.90. The Bertz CT molecular complexity index is 679. The number of nitrogens with two attached hydrogens (primary N) is 1. The van der Waals surface area contributed by atoms with Crippen molar-refractivity contribution in [3.8, 4) is 0 Å². The van der Waals surface area contributed by atoms with Crippen LogP contribution in [-0.2, 0) is 0 Å². The quantitative estimate of drug-likeness (QED) is 0.624. The SMILES string of the molecule is NCC(=O)c1cn2c(nc3ccccc32)[nH]1. The third-order valence-corrected chi connectivity index (χ3v) is 2.59. The number of para-hydroxylation sites is 2. The molecule has 0 saturated carbocycles. The lowest BCUT2D eigenvalue weighted by molar-refractivity contribution is 0.0997. The van der Waals surface area contributed by atoms with Crippen LogP contribution in [0.15, 0.2) is 30.5 Å². The van der Waals surface area contributed by atoms with Crippen molar-refractivity contribution in [1.29, 1.82) is 0 Å². The number of rotatable bonds is 2. The van der Waals surface area contributed by atoms with Gasteiger partial charge in [-0.05, 0) is 12.1 Å². The monoisotopic (exact) mass is 214 g/mol. The number of carbonyl (C=O) groups is 1. The molecule has 0 amide bonds. The molecule has 5 heteroatoms. The Kier molecular flexibility index (Phi) is 1.81. The lowest BCUT2D eigenvalue weighted by Crippen LogP contribution is -2.13. The van der Waals surface area contributed by atoms with Crippen molar-refractivity contribution >= 4 is 22.6 Å². The zero-order chi connectivity index (χ0) is 11.1. The van der Waals surface area contributed by atoms with E-state index in [-0.39, 0.29) is 12.3 Å². The van der Waals surface area contributed by atoms with E-state index < -0.39 is 0 Å². The molecule has 0 unspecified atom stereocenters. The van der Waals surface area contributed by atoms with Gasteiger partial charge in [0.2, 0.25) is 5.78 Å². The van der Waals surface area contributed by atoms with Crippen molar-refractivity contribution in [3.63, 3.8) is 0 Å². The number of carbonyl (C=O) groups excluding carboxylic acids is 1. The maximum absolute atomic E-state index is 11.4. The summed E-state index contributed by atoms with van der Waals surface area (Å²) in [5, 5.41) is 0. The van der Waals surface area contributed by atoms with Crippen molar-refractivity contribution in [2.45, 2.75) is 0 Å². The fraction of sp³-hybridized carbons (Fsp3) is 0.0909. The smallest absolute Gasteiger partial charge is 0.212 e. The lowest BCUT2D eigenvalue weighted by atomic mass is 10.3. The van der Waals surface area contributed by atoms with E-state index in [0.29, 0.717) is 11.5 Å². The molecule has 0 spiro atoms. The largest absolute Gasteiger partial charge is 0.324 e. The average Bonchev–Trinajstić information content (AvgIpc) is 2.85. The van der Waals surface area contributed by atoms with Crippen LogP contribution in [0.3, 0.4) is 0 Å². The van der Waals surface area contributed by atoms with Crippen LogP contribution in [0.5, 0.6) is 0 Å². The number of Topliss-reactive ketones (excluding diaryl/α,β-unsaturated/α-hetero) is 1. The zero-order valence-electron chi connectivity index (χ0n) is 8.47. The van der Waals surface area contributed by atoms with Gasteiger partial charge in [0.1, 0.15) is 5.69 Å². The molecule has 1 aromatic carbocycles. The summed E-state index contributed by atoms with van der Waals surface area (Å²) in [7, 11) is 0. The number of benzene rings is 1. The number of hydrogen-bond donors (Lipinski definition) is 2. The normalized spacial score (nSPS) is 11.3. The molecule has 80 valence electrons. The van der Waals surface area contributed by atoms with E-state index in [4.69, 9.17) is 5.73 Å². The molecule has 0 aliphatic heterocycles. The Labute approximate surface area is 90.9 Å². The second-order valence-corrected chi connectivity index (χ2v) is 3.59. The molecule has 3 aromatic rings. The predicted octanol–water partition coefficient (Wildman–Crippen LogP) is 0.957. The van der Waals surface area contributed by atoms with Gasteiger partial charge in [0.15, 0.2) is 5.78 Å². The number of ketones is 1. The highest BCUT2D eigenvalue weighted by Gasteiger charge is 2.11. The fourth-order valence-electron chi connectivity index (χ4n) is 1.80. The van der Waals surface area contributed by atoms with Gasteiger partial charge in [-0.25, -0.2) is 4.98 Å². The summed E-state index contributed by atoms with van der Waals surface area (Å²) < 4.78 is 1.86. The first-order valence-electron chi connectivity index (χ1n) is 4.98. The Morgan fingerprint density at radius 3 is 3.06 bits per heavy atom. The number of fused-ring (bicyclic) bond motifs is 3. The van der Waals surface area contributed by atoms with E-state index >= 15 is 0 Å². The Morgan fingerprint density at radius 1 is 1.44 bits per heavy atom. The van der Waals surface area contributed by atoms with E-state index in [1.54, 1.807) is 6.20 Å². The highest BCUT2D eigenvalue weighted by Crippen LogP contribution is 2.16. The second-order valence-electron chi connectivity index (χ2n) is 3.59. The summed E-state index contributed by atoms with van der Waals surface area (Å²) in [5.41, 5.74) is 7.68. The summed E-state index contributed by atoms with van der Waals surface area (Å²) in [6.45, 7) is 0.00159. The van der Waals surface area contributed by atoms with Gasteiger partial charge in [-0.2, -0.15) is 0 Å². The van der Waals surface area contributed by atoms with E-state index in [2.05, 4.69) is 9.97 Å². The van der Waals surface area contributed by atoms with Crippen LogP contribution in [-0.4, -0.2) is 26.7 Å². The Hall–Kier alpha value is -2.14. The number of aromatic nitrogens is 3. The van der Waals surface area contributed by atoms with Crippen molar-refractivity contribution < 1.29 is 4.79 Å². The highest BCUT2D eigenvalue weighted by molar-refractivity contribution is 5.96. The number of aromatic amines is 1. The van der Waals surface area contributed by atoms with Gasteiger partial charge >= 0.3 is 0 Å². The van der Waals surface area contributed by atoms with E-state index in [1.807, 2.05) is 28.7 Å². The molecular formula is C11H10N4O. The third-order valence-electron chi connectivity index (χ3n) is 2.59. The molecule has 0 aliphatic rings. The van der Waals surface area contributed by atoms with E-state index in [1.165, 1.54) is 0 Å². The molecule has 16 heavy (non-hydrogen) atoms. The molecule has 0 aliphatic carbocycles. The molecule has 2 aromatic heterocycles. The van der Waals surface area contributed by atoms with E-state index in [0.717, 1.165) is 11.0 Å². The summed E-state index contributed by atoms with van der Waals surface area (Å²) in [6, 6.07) is 7.76. The minimum Gasteiger partial charge on any atom is -0.324 e. The summed E-state index contributed by atoms with van der Waals surface area (Å²) >= 11 is 0. The van der Waals surface area contributed by atoms with Crippen LogP contribution >= 0.6 is 0 Å². The summed E-state index contributed by atoms with van der Waals surface area (Å²) in [4.78, 5) is 18.7. The molecule has 0 saturated heterocycles. The predicted molar refractivity (Wildman–Crippen MR) is 60.4 cm³/mol. The number of imidazole rings is 2. The van der Waals surface area contributed by atoms with Gasteiger partial charge in [-0.1, -0.05) is 12.1 Å². The maximum Gasteiger partial charge on any atom is 0.212 e. The number of H-pyrrole nitrogens is 1. The number of nitrogens with zero attached hydrogens (tertiary/aromatic N) is 2. The first-order chi connectivity index (χ1) is 7.79. The van der Waals surface area contributed by atoms with Crippen LogP contribution in [0.4, 0.5) is 0 Å². The minimum absolute atomic E-state index is 0.00159. The molecule has 0 atom stereocenters. The van der Waals surface area contributed by atoms with Gasteiger partial charge in [-0.15, -0.1) is 0 Å². The second kappa shape index (κ2) is 3.18. The summed E-state index contributed by atoms with van der Waals surface area (Å²) in [5.74, 6) is 0.549. The van der Waals surface area contributed by atoms with Crippen LogP contribution < -0.4 is 5.73 Å². The van der Waals surface area contributed by atoms with Gasteiger partial charge in [0, 0.05) is 6.20 Å². The standard InChI is InChI=1S/C11H10N4O/c12-5-10(16)8-6-15-9-4-2-1-3-7(9)13-11(15)14-8/h1-4,6H,5,12H2,(H,13,14). The van der Waals surface area contributed by atoms with Crippen molar-refractivity contribution in [1.82, 2.24) is 14.4 Å². The molecule has 0 bridgehead atoms. The fourth-order valence-corrected chi connectivity index (χ4v) is 1.80. The average molecular weight is 214 g/mol. The first-order valence-corrected chi connectivity index (χ1v) is 4.98. The Balaban J connectivity index is 2.30. The van der Waals surface area contributed by atoms with E-state index in [9.17, 15) is 4.79 Å². The van der Waals surface area contributed by atoms with Gasteiger partial charge < -0.3 is 10.7 Å². The summed E-state index contributed by atoms with van der Waals surface area (Å²) in [6.07, 6.45) is 1.74.